The highest BCUT2D eigenvalue weighted by Gasteiger charge is 2.27. The van der Waals surface area contributed by atoms with E-state index in [1.54, 1.807) is 7.11 Å². The summed E-state index contributed by atoms with van der Waals surface area (Å²) in [6.45, 7) is 8.61. The predicted molar refractivity (Wildman–Crippen MR) is 107 cm³/mol. The van der Waals surface area contributed by atoms with Gasteiger partial charge in [0, 0.05) is 19.1 Å². The Bertz CT molecular complexity index is 614. The number of carboxylic acids is 2. The lowest BCUT2D eigenvalue weighted by molar-refractivity contribution is -0.159. The lowest BCUT2D eigenvalue weighted by Crippen LogP contribution is -2.47. The zero-order chi connectivity index (χ0) is 20.5. The van der Waals surface area contributed by atoms with Crippen molar-refractivity contribution in [3.63, 3.8) is 0 Å². The Morgan fingerprint density at radius 3 is 2.14 bits per heavy atom. The molecule has 0 amide bonds. The lowest BCUT2D eigenvalue weighted by Gasteiger charge is -2.41. The fourth-order valence-corrected chi connectivity index (χ4v) is 3.99. The first kappa shape index (κ1) is 22.2. The van der Waals surface area contributed by atoms with Crippen molar-refractivity contribution in [3.8, 4) is 5.75 Å². The van der Waals surface area contributed by atoms with Crippen LogP contribution in [0, 0.1) is 5.92 Å². The third kappa shape index (κ3) is 7.13. The quantitative estimate of drug-likeness (QED) is 0.761. The number of hydrogen-bond donors (Lipinski definition) is 2. The second-order valence-electron chi connectivity index (χ2n) is 7.71. The van der Waals surface area contributed by atoms with Gasteiger partial charge in [-0.05, 0) is 68.9 Å². The molecule has 0 aliphatic carbocycles. The third-order valence-corrected chi connectivity index (χ3v) is 5.51. The molecular formula is C21H32N2O5. The van der Waals surface area contributed by atoms with Gasteiger partial charge in [-0.3, -0.25) is 4.90 Å². The topological polar surface area (TPSA) is 90.3 Å². The predicted octanol–water partition coefficient (Wildman–Crippen LogP) is 2.55. The van der Waals surface area contributed by atoms with E-state index < -0.39 is 11.9 Å². The van der Waals surface area contributed by atoms with Crippen LogP contribution in [0.1, 0.15) is 38.2 Å². The van der Waals surface area contributed by atoms with Gasteiger partial charge < -0.3 is 19.8 Å². The molecule has 1 aromatic carbocycles. The summed E-state index contributed by atoms with van der Waals surface area (Å²) in [5.74, 6) is -1.81. The van der Waals surface area contributed by atoms with E-state index in [1.165, 1.54) is 57.4 Å². The largest absolute Gasteiger partial charge is 0.497 e. The van der Waals surface area contributed by atoms with Gasteiger partial charge in [0.2, 0.25) is 0 Å². The number of rotatable bonds is 4. The Balaban J connectivity index is 0.000000409. The molecule has 2 saturated heterocycles. The van der Waals surface area contributed by atoms with Gasteiger partial charge in [0.05, 0.1) is 7.11 Å². The van der Waals surface area contributed by atoms with Crippen LogP contribution in [-0.2, 0) is 16.1 Å². The molecule has 1 aromatic rings. The van der Waals surface area contributed by atoms with Crippen molar-refractivity contribution < 1.29 is 24.5 Å². The summed E-state index contributed by atoms with van der Waals surface area (Å²) >= 11 is 0. The Kier molecular flexibility index (Phi) is 8.73. The normalized spacial score (nSPS) is 21.4. The maximum absolute atomic E-state index is 9.10. The maximum atomic E-state index is 9.10. The first-order valence-electron chi connectivity index (χ1n) is 9.94. The Labute approximate surface area is 166 Å². The Morgan fingerprint density at radius 2 is 1.64 bits per heavy atom. The molecule has 0 spiro atoms. The summed E-state index contributed by atoms with van der Waals surface area (Å²) in [4.78, 5) is 23.6. The number of carbonyl (C=O) groups is 2. The van der Waals surface area contributed by atoms with Gasteiger partial charge in [-0.2, -0.15) is 0 Å². The minimum absolute atomic E-state index is 0.829. The van der Waals surface area contributed by atoms with Gasteiger partial charge in [-0.1, -0.05) is 19.1 Å². The molecule has 2 fully saturated rings. The highest BCUT2D eigenvalue weighted by Crippen LogP contribution is 2.24. The van der Waals surface area contributed by atoms with Gasteiger partial charge in [0.25, 0.3) is 0 Å². The molecule has 0 aromatic heterocycles. The van der Waals surface area contributed by atoms with Crippen molar-refractivity contribution in [3.05, 3.63) is 29.8 Å². The number of ether oxygens (including phenoxy) is 1. The highest BCUT2D eigenvalue weighted by atomic mass is 16.5. The lowest BCUT2D eigenvalue weighted by atomic mass is 9.95. The minimum Gasteiger partial charge on any atom is -0.497 e. The van der Waals surface area contributed by atoms with E-state index >= 15 is 0 Å². The average Bonchev–Trinajstić information content (AvgIpc) is 2.69. The molecule has 0 bridgehead atoms. The first-order chi connectivity index (χ1) is 13.4. The summed E-state index contributed by atoms with van der Waals surface area (Å²) in [7, 11) is 1.72. The number of carboxylic acid groups (broad SMARTS) is 2. The molecule has 7 heteroatoms. The Morgan fingerprint density at radius 1 is 1.04 bits per heavy atom. The van der Waals surface area contributed by atoms with Gasteiger partial charge in [-0.15, -0.1) is 0 Å². The van der Waals surface area contributed by atoms with Crippen LogP contribution >= 0.6 is 0 Å². The molecule has 1 unspecified atom stereocenters. The van der Waals surface area contributed by atoms with Crippen molar-refractivity contribution in [2.24, 2.45) is 5.92 Å². The van der Waals surface area contributed by atoms with E-state index in [2.05, 4.69) is 41.0 Å². The van der Waals surface area contributed by atoms with Gasteiger partial charge in [0.15, 0.2) is 0 Å². The van der Waals surface area contributed by atoms with E-state index in [9.17, 15) is 0 Å². The Hall–Kier alpha value is -2.12. The van der Waals surface area contributed by atoms with E-state index in [1.807, 2.05) is 0 Å². The number of nitrogens with zero attached hydrogens (tertiary/aromatic N) is 2. The van der Waals surface area contributed by atoms with Crippen LogP contribution in [0.2, 0.25) is 0 Å². The van der Waals surface area contributed by atoms with Crippen LogP contribution < -0.4 is 4.74 Å². The van der Waals surface area contributed by atoms with Crippen LogP contribution in [0.25, 0.3) is 0 Å². The fraction of sp³-hybridized carbons (Fsp3) is 0.619. The molecule has 0 saturated carbocycles. The molecule has 2 aliphatic rings. The van der Waals surface area contributed by atoms with Crippen LogP contribution in [0.4, 0.5) is 0 Å². The maximum Gasteiger partial charge on any atom is 0.414 e. The van der Waals surface area contributed by atoms with Gasteiger partial charge in [-0.25, -0.2) is 9.59 Å². The zero-order valence-electron chi connectivity index (χ0n) is 16.8. The van der Waals surface area contributed by atoms with Gasteiger partial charge in [0.1, 0.15) is 5.75 Å². The molecule has 1 atom stereocenters. The van der Waals surface area contributed by atoms with Gasteiger partial charge >= 0.3 is 11.9 Å². The van der Waals surface area contributed by atoms with E-state index in [4.69, 9.17) is 24.5 Å². The molecule has 2 heterocycles. The van der Waals surface area contributed by atoms with E-state index in [0.29, 0.717) is 0 Å². The first-order valence-corrected chi connectivity index (χ1v) is 9.94. The van der Waals surface area contributed by atoms with Crippen LogP contribution in [0.5, 0.6) is 5.75 Å². The summed E-state index contributed by atoms with van der Waals surface area (Å²) in [5.41, 5.74) is 1.39. The third-order valence-electron chi connectivity index (χ3n) is 5.51. The monoisotopic (exact) mass is 392 g/mol. The zero-order valence-corrected chi connectivity index (χ0v) is 16.8. The second-order valence-corrected chi connectivity index (χ2v) is 7.71. The molecule has 7 nitrogen and oxygen atoms in total. The van der Waals surface area contributed by atoms with Crippen molar-refractivity contribution >= 4 is 11.9 Å². The summed E-state index contributed by atoms with van der Waals surface area (Å²) in [6.07, 6.45) is 5.49. The summed E-state index contributed by atoms with van der Waals surface area (Å²) in [6, 6.07) is 9.35. The molecular weight excluding hydrogens is 360 g/mol. The van der Waals surface area contributed by atoms with Crippen LogP contribution in [0.3, 0.4) is 0 Å². The van der Waals surface area contributed by atoms with Crippen molar-refractivity contribution in [2.75, 3.05) is 33.3 Å². The second kappa shape index (κ2) is 11.0. The summed E-state index contributed by atoms with van der Waals surface area (Å²) in [5, 5.41) is 14.8. The SMILES string of the molecule is COc1ccc(CN2CCC(N3CCCC(C)C3)CC2)cc1.O=C(O)C(=O)O. The fourth-order valence-electron chi connectivity index (χ4n) is 3.99. The molecule has 156 valence electrons. The summed E-state index contributed by atoms with van der Waals surface area (Å²) < 4.78 is 5.23. The molecule has 2 N–H and O–H groups in total. The number of likely N-dealkylation sites (tertiary alicyclic amines) is 2. The van der Waals surface area contributed by atoms with Crippen LogP contribution in [0.15, 0.2) is 24.3 Å². The number of methoxy groups -OCH3 is 1. The van der Waals surface area contributed by atoms with Crippen molar-refractivity contribution in [1.82, 2.24) is 9.80 Å². The smallest absolute Gasteiger partial charge is 0.414 e. The van der Waals surface area contributed by atoms with E-state index in [0.717, 1.165) is 24.3 Å². The number of aliphatic carboxylic acids is 2. The standard InChI is InChI=1S/C19H30N2O.C2H2O4/c1-16-4-3-11-21(14-16)18-9-12-20(13-10-18)15-17-5-7-19(22-2)8-6-17;3-1(4)2(5)6/h5-8,16,18H,3-4,9-15H2,1-2H3;(H,3,4)(H,5,6). The number of hydrogen-bond acceptors (Lipinski definition) is 5. The molecule has 0 radical (unpaired) electrons. The highest BCUT2D eigenvalue weighted by molar-refractivity contribution is 6.27. The van der Waals surface area contributed by atoms with Crippen LogP contribution in [-0.4, -0.2) is 71.3 Å². The van der Waals surface area contributed by atoms with E-state index in [-0.39, 0.29) is 0 Å². The number of piperidine rings is 2. The van der Waals surface area contributed by atoms with Crippen molar-refractivity contribution in [2.45, 2.75) is 45.2 Å². The molecule has 2 aliphatic heterocycles. The van der Waals surface area contributed by atoms with Crippen molar-refractivity contribution in [1.29, 1.82) is 0 Å². The molecule has 28 heavy (non-hydrogen) atoms. The minimum atomic E-state index is -1.82. The number of benzene rings is 1. The molecule has 3 rings (SSSR count). The average molecular weight is 392 g/mol.